The van der Waals surface area contributed by atoms with Gasteiger partial charge < -0.3 is 5.11 Å². The molecule has 1 N–H and O–H groups in total. The van der Waals surface area contributed by atoms with Crippen LogP contribution in [-0.2, 0) is 6.54 Å². The van der Waals surface area contributed by atoms with Crippen molar-refractivity contribution < 1.29 is 9.50 Å². The number of nitrogens with zero attached hydrogens (tertiary/aromatic N) is 3. The van der Waals surface area contributed by atoms with E-state index in [1.165, 1.54) is 0 Å². The summed E-state index contributed by atoms with van der Waals surface area (Å²) in [6.07, 6.45) is 5.25. The molecule has 0 saturated carbocycles. The minimum atomic E-state index is -0.466. The highest BCUT2D eigenvalue weighted by atomic mass is 19.1. The number of pyridine rings is 1. The van der Waals surface area contributed by atoms with Crippen LogP contribution < -0.4 is 0 Å². The molecule has 1 aromatic carbocycles. The first-order chi connectivity index (χ1) is 10.3. The fraction of sp³-hybridized carbons (Fsp3) is 0.125. The molecular formula is C16H14FN3O. The molecule has 0 spiro atoms. The van der Waals surface area contributed by atoms with Gasteiger partial charge >= 0.3 is 0 Å². The van der Waals surface area contributed by atoms with Gasteiger partial charge in [0.15, 0.2) is 0 Å². The molecular weight excluding hydrogens is 269 g/mol. The minimum Gasteiger partial charge on any atom is -0.508 e. The van der Waals surface area contributed by atoms with Gasteiger partial charge in [0.1, 0.15) is 18.1 Å². The maximum absolute atomic E-state index is 12.6. The van der Waals surface area contributed by atoms with Crippen LogP contribution in [0, 0.1) is 0 Å². The molecule has 4 nitrogen and oxygen atoms in total. The molecule has 5 heteroatoms. The summed E-state index contributed by atoms with van der Waals surface area (Å²) >= 11 is 0. The Morgan fingerprint density at radius 1 is 1.00 bits per heavy atom. The molecule has 3 rings (SSSR count). The summed E-state index contributed by atoms with van der Waals surface area (Å²) in [5.41, 5.74) is 3.52. The molecule has 0 aliphatic heterocycles. The lowest BCUT2D eigenvalue weighted by Crippen LogP contribution is -1.99. The van der Waals surface area contributed by atoms with E-state index in [4.69, 9.17) is 0 Å². The molecule has 0 unspecified atom stereocenters. The Hall–Kier alpha value is -2.69. The number of aromatic hydroxyl groups is 1. The third kappa shape index (κ3) is 2.76. The van der Waals surface area contributed by atoms with Crippen LogP contribution in [0.3, 0.4) is 0 Å². The Bertz CT molecular complexity index is 723. The van der Waals surface area contributed by atoms with Crippen LogP contribution in [0.2, 0.25) is 0 Å². The first-order valence-corrected chi connectivity index (χ1v) is 6.61. The van der Waals surface area contributed by atoms with E-state index in [1.807, 2.05) is 18.3 Å². The van der Waals surface area contributed by atoms with Crippen LogP contribution in [0.1, 0.15) is 0 Å². The largest absolute Gasteiger partial charge is 0.508 e. The van der Waals surface area contributed by atoms with E-state index in [2.05, 4.69) is 10.1 Å². The van der Waals surface area contributed by atoms with Crippen molar-refractivity contribution in [2.75, 3.05) is 6.67 Å². The molecule has 106 valence electrons. The molecule has 2 aromatic heterocycles. The van der Waals surface area contributed by atoms with Crippen LogP contribution in [0.4, 0.5) is 4.39 Å². The van der Waals surface area contributed by atoms with Gasteiger partial charge in [-0.2, -0.15) is 5.10 Å². The smallest absolute Gasteiger partial charge is 0.115 e. The molecule has 0 fully saturated rings. The molecule has 0 saturated heterocycles. The fourth-order valence-electron chi connectivity index (χ4n) is 2.20. The Morgan fingerprint density at radius 2 is 1.71 bits per heavy atom. The number of rotatable bonds is 4. The SMILES string of the molecule is Oc1ccc(-c2nn(CCF)cc2-c2ccncc2)cc1. The van der Waals surface area contributed by atoms with Gasteiger partial charge in [0.05, 0.1) is 6.54 Å². The molecule has 21 heavy (non-hydrogen) atoms. The van der Waals surface area contributed by atoms with Gasteiger partial charge in [-0.25, -0.2) is 4.39 Å². The van der Waals surface area contributed by atoms with Crippen LogP contribution in [0.25, 0.3) is 22.4 Å². The quantitative estimate of drug-likeness (QED) is 0.799. The summed E-state index contributed by atoms with van der Waals surface area (Å²) in [6, 6.07) is 10.6. The lowest BCUT2D eigenvalue weighted by Gasteiger charge is -2.02. The van der Waals surface area contributed by atoms with Crippen LogP contribution >= 0.6 is 0 Å². The van der Waals surface area contributed by atoms with E-state index in [0.29, 0.717) is 0 Å². The molecule has 0 aliphatic rings. The number of phenolic OH excluding ortho intramolecular Hbond substituents is 1. The topological polar surface area (TPSA) is 50.9 Å². The number of halogens is 1. The first kappa shape index (κ1) is 13.3. The van der Waals surface area contributed by atoms with E-state index in [0.717, 1.165) is 22.4 Å². The number of phenols is 1. The number of aromatic nitrogens is 3. The van der Waals surface area contributed by atoms with E-state index in [9.17, 15) is 9.50 Å². The fourth-order valence-corrected chi connectivity index (χ4v) is 2.20. The normalized spacial score (nSPS) is 10.7. The van der Waals surface area contributed by atoms with Crippen molar-refractivity contribution in [2.45, 2.75) is 6.54 Å². The summed E-state index contributed by atoms with van der Waals surface area (Å²) in [7, 11) is 0. The number of alkyl halides is 1. The Labute approximate surface area is 121 Å². The monoisotopic (exact) mass is 283 g/mol. The predicted octanol–water partition coefficient (Wildman–Crippen LogP) is 3.29. The van der Waals surface area contributed by atoms with Crippen molar-refractivity contribution >= 4 is 0 Å². The van der Waals surface area contributed by atoms with Crippen molar-refractivity contribution in [2.24, 2.45) is 0 Å². The van der Waals surface area contributed by atoms with Gasteiger partial charge in [-0.1, -0.05) is 0 Å². The average Bonchev–Trinajstić information content (AvgIpc) is 2.93. The second kappa shape index (κ2) is 5.75. The van der Waals surface area contributed by atoms with E-state index >= 15 is 0 Å². The second-order valence-electron chi connectivity index (χ2n) is 4.63. The van der Waals surface area contributed by atoms with Gasteiger partial charge in [0, 0.05) is 29.7 Å². The summed E-state index contributed by atoms with van der Waals surface area (Å²) in [6.45, 7) is -0.247. The van der Waals surface area contributed by atoms with Crippen molar-refractivity contribution in [3.8, 4) is 28.1 Å². The number of hydrogen-bond donors (Lipinski definition) is 1. The van der Waals surface area contributed by atoms with E-state index in [-0.39, 0.29) is 12.3 Å². The van der Waals surface area contributed by atoms with Crippen molar-refractivity contribution in [1.29, 1.82) is 0 Å². The standard InChI is InChI=1S/C16H14FN3O/c17-7-10-20-11-15(12-5-8-18-9-6-12)16(19-20)13-1-3-14(21)4-2-13/h1-6,8-9,11,21H,7,10H2. The zero-order valence-electron chi connectivity index (χ0n) is 11.3. The van der Waals surface area contributed by atoms with Gasteiger partial charge in [-0.05, 0) is 42.0 Å². The van der Waals surface area contributed by atoms with Crippen molar-refractivity contribution in [1.82, 2.24) is 14.8 Å². The molecule has 3 aromatic rings. The number of benzene rings is 1. The summed E-state index contributed by atoms with van der Waals surface area (Å²) in [5, 5.41) is 13.8. The Morgan fingerprint density at radius 3 is 2.38 bits per heavy atom. The first-order valence-electron chi connectivity index (χ1n) is 6.61. The van der Waals surface area contributed by atoms with E-state index < -0.39 is 6.67 Å². The number of aryl methyl sites for hydroxylation is 1. The zero-order chi connectivity index (χ0) is 14.7. The second-order valence-corrected chi connectivity index (χ2v) is 4.63. The van der Waals surface area contributed by atoms with Crippen LogP contribution in [-0.4, -0.2) is 26.5 Å². The summed E-state index contributed by atoms with van der Waals surface area (Å²) < 4.78 is 14.2. The third-order valence-corrected chi connectivity index (χ3v) is 3.21. The molecule has 2 heterocycles. The average molecular weight is 283 g/mol. The van der Waals surface area contributed by atoms with Crippen LogP contribution in [0.5, 0.6) is 5.75 Å². The summed E-state index contributed by atoms with van der Waals surface area (Å²) in [5.74, 6) is 0.201. The minimum absolute atomic E-state index is 0.201. The van der Waals surface area contributed by atoms with Crippen molar-refractivity contribution in [3.05, 3.63) is 55.0 Å². The Kier molecular flexibility index (Phi) is 3.64. The molecule has 0 aliphatic carbocycles. The zero-order valence-corrected chi connectivity index (χ0v) is 11.3. The maximum atomic E-state index is 12.6. The highest BCUT2D eigenvalue weighted by Gasteiger charge is 2.13. The third-order valence-electron chi connectivity index (χ3n) is 3.21. The highest BCUT2D eigenvalue weighted by molar-refractivity contribution is 5.80. The number of hydrogen-bond acceptors (Lipinski definition) is 3. The lowest BCUT2D eigenvalue weighted by molar-refractivity contribution is 0.427. The maximum Gasteiger partial charge on any atom is 0.115 e. The van der Waals surface area contributed by atoms with Gasteiger partial charge in [-0.3, -0.25) is 9.67 Å². The van der Waals surface area contributed by atoms with Gasteiger partial charge in [0.25, 0.3) is 0 Å². The van der Waals surface area contributed by atoms with Crippen LogP contribution in [0.15, 0.2) is 55.0 Å². The van der Waals surface area contributed by atoms with Crippen molar-refractivity contribution in [3.63, 3.8) is 0 Å². The molecule has 0 radical (unpaired) electrons. The molecule has 0 atom stereocenters. The molecule has 0 bridgehead atoms. The van der Waals surface area contributed by atoms with E-state index in [1.54, 1.807) is 41.3 Å². The predicted molar refractivity (Wildman–Crippen MR) is 78.5 cm³/mol. The Balaban J connectivity index is 2.11. The molecule has 0 amide bonds. The van der Waals surface area contributed by atoms with Gasteiger partial charge in [-0.15, -0.1) is 0 Å². The highest BCUT2D eigenvalue weighted by Crippen LogP contribution is 2.31. The summed E-state index contributed by atoms with van der Waals surface area (Å²) in [4.78, 5) is 4.01. The van der Waals surface area contributed by atoms with Gasteiger partial charge in [0.2, 0.25) is 0 Å². The lowest BCUT2D eigenvalue weighted by atomic mass is 10.0.